The first-order valence-electron chi connectivity index (χ1n) is 9.43. The van der Waals surface area contributed by atoms with E-state index in [2.05, 4.69) is 9.80 Å². The third-order valence-corrected chi connectivity index (χ3v) is 8.53. The van der Waals surface area contributed by atoms with E-state index in [0.29, 0.717) is 37.1 Å². The van der Waals surface area contributed by atoms with Gasteiger partial charge >= 0.3 is 0 Å². The van der Waals surface area contributed by atoms with Gasteiger partial charge in [-0.1, -0.05) is 6.07 Å². The lowest BCUT2D eigenvalue weighted by atomic mass is 10.1. The van der Waals surface area contributed by atoms with Gasteiger partial charge in [-0.3, -0.25) is 4.90 Å². The van der Waals surface area contributed by atoms with Gasteiger partial charge in [0.05, 0.1) is 19.3 Å². The second-order valence-corrected chi connectivity index (χ2v) is 10.2. The average molecular weight is 424 g/mol. The SMILES string of the molecule is O=S(=O)(c1cccs1)N1CCN(c2ccc(O)cc2)[C@@H](CN2CCOCC2)C1. The van der Waals surface area contributed by atoms with Crippen molar-refractivity contribution in [2.24, 2.45) is 0 Å². The maximum Gasteiger partial charge on any atom is 0.252 e. The highest BCUT2D eigenvalue weighted by molar-refractivity contribution is 7.91. The van der Waals surface area contributed by atoms with Crippen molar-refractivity contribution < 1.29 is 18.3 Å². The smallest absolute Gasteiger partial charge is 0.252 e. The molecule has 0 amide bonds. The topological polar surface area (TPSA) is 73.3 Å². The maximum atomic E-state index is 13.0. The minimum Gasteiger partial charge on any atom is -0.508 e. The van der Waals surface area contributed by atoms with Gasteiger partial charge in [-0.25, -0.2) is 8.42 Å². The molecule has 2 aromatic rings. The van der Waals surface area contributed by atoms with Gasteiger partial charge in [-0.2, -0.15) is 4.31 Å². The molecule has 2 aliphatic rings. The summed E-state index contributed by atoms with van der Waals surface area (Å²) in [5.41, 5.74) is 1.00. The van der Waals surface area contributed by atoms with E-state index in [0.717, 1.165) is 25.3 Å². The lowest BCUT2D eigenvalue weighted by Crippen LogP contribution is -2.59. The van der Waals surface area contributed by atoms with E-state index < -0.39 is 10.0 Å². The van der Waals surface area contributed by atoms with Gasteiger partial charge in [0.1, 0.15) is 9.96 Å². The molecule has 0 spiro atoms. The van der Waals surface area contributed by atoms with Crippen LogP contribution in [0.25, 0.3) is 0 Å². The number of phenols is 1. The van der Waals surface area contributed by atoms with E-state index in [1.165, 1.54) is 11.3 Å². The number of nitrogens with zero attached hydrogens (tertiary/aromatic N) is 3. The summed E-state index contributed by atoms with van der Waals surface area (Å²) in [5, 5.41) is 11.4. The Morgan fingerprint density at radius 2 is 1.82 bits per heavy atom. The Bertz CT molecular complexity index is 865. The molecule has 0 unspecified atom stereocenters. The zero-order chi connectivity index (χ0) is 19.6. The Balaban J connectivity index is 1.57. The standard InChI is InChI=1S/C19H25N3O4S2/c23-18-5-3-16(4-6-18)22-8-7-21(28(24,25)19-2-1-13-27-19)15-17(22)14-20-9-11-26-12-10-20/h1-6,13,17,23H,7-12,14-15H2/t17-/m0/s1. The molecule has 1 aromatic carbocycles. The molecule has 28 heavy (non-hydrogen) atoms. The zero-order valence-electron chi connectivity index (χ0n) is 15.6. The second-order valence-electron chi connectivity index (χ2n) is 7.07. The summed E-state index contributed by atoms with van der Waals surface area (Å²) >= 11 is 1.26. The van der Waals surface area contributed by atoms with Gasteiger partial charge in [-0.15, -0.1) is 11.3 Å². The number of sulfonamides is 1. The third-order valence-electron chi connectivity index (χ3n) is 5.29. The summed E-state index contributed by atoms with van der Waals surface area (Å²) in [7, 11) is -3.46. The number of phenolic OH excluding ortho intramolecular Hbond substituents is 1. The monoisotopic (exact) mass is 423 g/mol. The first-order valence-corrected chi connectivity index (χ1v) is 11.8. The average Bonchev–Trinajstić information content (AvgIpc) is 3.25. The number of hydrogen-bond acceptors (Lipinski definition) is 7. The quantitative estimate of drug-likeness (QED) is 0.789. The van der Waals surface area contributed by atoms with Gasteiger partial charge in [0.25, 0.3) is 10.0 Å². The molecule has 4 rings (SSSR count). The van der Waals surface area contributed by atoms with E-state index >= 15 is 0 Å². The summed E-state index contributed by atoms with van der Waals surface area (Å²) in [6.45, 7) is 5.42. The summed E-state index contributed by atoms with van der Waals surface area (Å²) in [4.78, 5) is 4.60. The summed E-state index contributed by atoms with van der Waals surface area (Å²) in [5.74, 6) is 0.229. The van der Waals surface area contributed by atoms with Crippen LogP contribution in [0, 0.1) is 0 Å². The lowest BCUT2D eigenvalue weighted by Gasteiger charge is -2.44. The molecule has 9 heteroatoms. The van der Waals surface area contributed by atoms with E-state index in [9.17, 15) is 13.5 Å². The first-order chi connectivity index (χ1) is 13.5. The normalized spacial score (nSPS) is 22.4. The molecular formula is C19H25N3O4S2. The fourth-order valence-corrected chi connectivity index (χ4v) is 6.42. The van der Waals surface area contributed by atoms with Crippen LogP contribution in [-0.2, 0) is 14.8 Å². The van der Waals surface area contributed by atoms with Gasteiger partial charge in [0, 0.05) is 45.0 Å². The van der Waals surface area contributed by atoms with Crippen LogP contribution in [0.2, 0.25) is 0 Å². The lowest BCUT2D eigenvalue weighted by molar-refractivity contribution is 0.0332. The highest BCUT2D eigenvalue weighted by Gasteiger charge is 2.35. The molecule has 1 aromatic heterocycles. The van der Waals surface area contributed by atoms with Crippen molar-refractivity contribution in [1.29, 1.82) is 0 Å². The molecule has 1 atom stereocenters. The van der Waals surface area contributed by atoms with Gasteiger partial charge in [-0.05, 0) is 35.7 Å². The largest absolute Gasteiger partial charge is 0.508 e. The number of ether oxygens (including phenoxy) is 1. The van der Waals surface area contributed by atoms with Crippen molar-refractivity contribution in [3.05, 3.63) is 41.8 Å². The highest BCUT2D eigenvalue weighted by Crippen LogP contribution is 2.28. The number of benzene rings is 1. The molecule has 2 fully saturated rings. The van der Waals surface area contributed by atoms with Crippen LogP contribution >= 0.6 is 11.3 Å². The van der Waals surface area contributed by atoms with Gasteiger partial charge < -0.3 is 14.7 Å². The molecule has 0 radical (unpaired) electrons. The van der Waals surface area contributed by atoms with Crippen molar-refractivity contribution in [3.63, 3.8) is 0 Å². The Hall–Kier alpha value is -1.65. The Morgan fingerprint density at radius 3 is 2.50 bits per heavy atom. The fraction of sp³-hybridized carbons (Fsp3) is 0.474. The minimum atomic E-state index is -3.46. The van der Waals surface area contributed by atoms with E-state index in [4.69, 9.17) is 4.74 Å². The predicted molar refractivity (Wildman–Crippen MR) is 110 cm³/mol. The number of anilines is 1. The third kappa shape index (κ3) is 4.18. The Labute approximate surface area is 169 Å². The molecule has 152 valence electrons. The van der Waals surface area contributed by atoms with E-state index in [-0.39, 0.29) is 11.8 Å². The number of thiophene rings is 1. The highest BCUT2D eigenvalue weighted by atomic mass is 32.2. The van der Waals surface area contributed by atoms with E-state index in [1.54, 1.807) is 34.0 Å². The minimum absolute atomic E-state index is 0.0335. The fourth-order valence-electron chi connectivity index (χ4n) is 3.80. The van der Waals surface area contributed by atoms with Crippen LogP contribution in [-0.4, -0.2) is 81.3 Å². The summed E-state index contributed by atoms with van der Waals surface area (Å²) < 4.78 is 33.5. The number of rotatable bonds is 5. The predicted octanol–water partition coefficient (Wildman–Crippen LogP) is 1.67. The van der Waals surface area contributed by atoms with Crippen molar-refractivity contribution in [3.8, 4) is 5.75 Å². The van der Waals surface area contributed by atoms with Crippen LogP contribution in [0.15, 0.2) is 46.0 Å². The molecule has 2 aliphatic heterocycles. The van der Waals surface area contributed by atoms with Gasteiger partial charge in [0.15, 0.2) is 0 Å². The van der Waals surface area contributed by atoms with Crippen LogP contribution < -0.4 is 4.90 Å². The molecule has 3 heterocycles. The van der Waals surface area contributed by atoms with E-state index in [1.807, 2.05) is 12.1 Å². The van der Waals surface area contributed by atoms with Crippen LogP contribution in [0.1, 0.15) is 0 Å². The molecule has 2 saturated heterocycles. The van der Waals surface area contributed by atoms with Crippen LogP contribution in [0.4, 0.5) is 5.69 Å². The molecule has 1 N–H and O–H groups in total. The molecule has 0 aliphatic carbocycles. The molecular weight excluding hydrogens is 398 g/mol. The number of morpholine rings is 1. The molecule has 0 saturated carbocycles. The maximum absolute atomic E-state index is 13.0. The van der Waals surface area contributed by atoms with Crippen molar-refractivity contribution in [2.45, 2.75) is 10.3 Å². The Kier molecular flexibility index (Phi) is 5.88. The number of piperazine rings is 1. The van der Waals surface area contributed by atoms with Crippen molar-refractivity contribution in [2.75, 3.05) is 57.4 Å². The zero-order valence-corrected chi connectivity index (χ0v) is 17.2. The first kappa shape index (κ1) is 19.7. The van der Waals surface area contributed by atoms with Gasteiger partial charge in [0.2, 0.25) is 0 Å². The molecule has 0 bridgehead atoms. The Morgan fingerprint density at radius 1 is 1.07 bits per heavy atom. The van der Waals surface area contributed by atoms with Crippen LogP contribution in [0.3, 0.4) is 0 Å². The van der Waals surface area contributed by atoms with Crippen molar-refractivity contribution in [1.82, 2.24) is 9.21 Å². The van der Waals surface area contributed by atoms with Crippen molar-refractivity contribution >= 4 is 27.0 Å². The summed E-state index contributed by atoms with van der Waals surface area (Å²) in [6, 6.07) is 10.6. The second kappa shape index (κ2) is 8.38. The molecule has 7 nitrogen and oxygen atoms in total. The number of aromatic hydroxyl groups is 1. The van der Waals surface area contributed by atoms with Crippen LogP contribution in [0.5, 0.6) is 5.75 Å². The summed E-state index contributed by atoms with van der Waals surface area (Å²) in [6.07, 6.45) is 0. The number of hydrogen-bond donors (Lipinski definition) is 1.